The minimum Gasteiger partial charge on any atom is -0.495 e. The van der Waals surface area contributed by atoms with Crippen molar-refractivity contribution in [1.29, 1.82) is 0 Å². The van der Waals surface area contributed by atoms with Crippen molar-refractivity contribution in [2.45, 2.75) is 25.6 Å². The van der Waals surface area contributed by atoms with Gasteiger partial charge in [0.25, 0.3) is 5.91 Å². The zero-order valence-electron chi connectivity index (χ0n) is 19.2. The number of para-hydroxylation sites is 2. The molecule has 1 atom stereocenters. The Hall–Kier alpha value is -3.98. The fourth-order valence-electron chi connectivity index (χ4n) is 4.29. The molecule has 0 fully saturated rings. The van der Waals surface area contributed by atoms with Gasteiger partial charge in [-0.05, 0) is 54.3 Å². The highest BCUT2D eigenvalue weighted by atomic mass is 32.1. The maximum absolute atomic E-state index is 13.9. The molecular weight excluding hydrogens is 467 g/mol. The van der Waals surface area contributed by atoms with E-state index in [1.165, 1.54) is 35.5 Å². The van der Waals surface area contributed by atoms with Crippen molar-refractivity contribution in [3.63, 3.8) is 0 Å². The number of rotatable bonds is 6. The highest BCUT2D eigenvalue weighted by molar-refractivity contribution is 7.13. The van der Waals surface area contributed by atoms with Gasteiger partial charge >= 0.3 is 0 Å². The van der Waals surface area contributed by atoms with Gasteiger partial charge in [0.05, 0.1) is 24.2 Å². The number of ether oxygens (including phenoxy) is 1. The first-order valence-corrected chi connectivity index (χ1v) is 11.9. The number of amides is 2. The lowest BCUT2D eigenvalue weighted by molar-refractivity contribution is -0.126. The van der Waals surface area contributed by atoms with Crippen molar-refractivity contribution >= 4 is 28.8 Å². The number of nitrogens with one attached hydrogen (secondary N) is 1. The van der Waals surface area contributed by atoms with E-state index in [0.29, 0.717) is 22.8 Å². The summed E-state index contributed by atoms with van der Waals surface area (Å²) in [6.45, 7) is 2.05. The standard InChI is InChI=1S/C26H23FN4O3S/c1-26(25(33)28-15-17-9-11-18(27)12-10-17)16-30-21(14-19(29-30)23-8-5-13-35-23)24(32)31(26)20-6-3-4-7-22(20)34-2/h3-14H,15-16H2,1-2H3,(H,28,33)/t26-/m0/s1. The van der Waals surface area contributed by atoms with Crippen molar-refractivity contribution in [2.75, 3.05) is 12.0 Å². The molecule has 0 spiro atoms. The maximum atomic E-state index is 13.9. The summed E-state index contributed by atoms with van der Waals surface area (Å²) in [7, 11) is 1.53. The van der Waals surface area contributed by atoms with Crippen LogP contribution in [0.5, 0.6) is 5.75 Å². The predicted octanol–water partition coefficient (Wildman–Crippen LogP) is 4.49. The van der Waals surface area contributed by atoms with Gasteiger partial charge in [0.1, 0.15) is 28.5 Å². The summed E-state index contributed by atoms with van der Waals surface area (Å²) < 4.78 is 20.4. The van der Waals surface area contributed by atoms with E-state index in [0.717, 1.165) is 10.4 Å². The number of fused-ring (bicyclic) bond motifs is 1. The molecule has 9 heteroatoms. The summed E-state index contributed by atoms with van der Waals surface area (Å²) in [5.74, 6) is -0.583. The number of benzene rings is 2. The third kappa shape index (κ3) is 4.08. The van der Waals surface area contributed by atoms with Crippen LogP contribution in [0.4, 0.5) is 10.1 Å². The number of carbonyl (C=O) groups excluding carboxylic acids is 2. The number of nitrogens with zero attached hydrogens (tertiary/aromatic N) is 3. The van der Waals surface area contributed by atoms with Crippen LogP contribution in [0.1, 0.15) is 23.0 Å². The van der Waals surface area contributed by atoms with Gasteiger partial charge in [-0.15, -0.1) is 11.3 Å². The summed E-state index contributed by atoms with van der Waals surface area (Å²) in [6.07, 6.45) is 0. The van der Waals surface area contributed by atoms with E-state index < -0.39 is 5.54 Å². The fourth-order valence-corrected chi connectivity index (χ4v) is 4.97. The Kier molecular flexibility index (Phi) is 5.86. The van der Waals surface area contributed by atoms with E-state index in [-0.39, 0.29) is 30.7 Å². The molecule has 3 heterocycles. The highest BCUT2D eigenvalue weighted by Gasteiger charge is 2.49. The van der Waals surface area contributed by atoms with Crippen molar-refractivity contribution in [1.82, 2.24) is 15.1 Å². The van der Waals surface area contributed by atoms with Crippen LogP contribution < -0.4 is 15.0 Å². The number of thiophene rings is 1. The van der Waals surface area contributed by atoms with Crippen molar-refractivity contribution in [3.8, 4) is 16.3 Å². The molecule has 0 unspecified atom stereocenters. The molecule has 0 aliphatic carbocycles. The molecule has 2 aromatic heterocycles. The van der Waals surface area contributed by atoms with E-state index >= 15 is 0 Å². The lowest BCUT2D eigenvalue weighted by Crippen LogP contribution is -2.64. The average Bonchev–Trinajstić information content (AvgIpc) is 3.54. The maximum Gasteiger partial charge on any atom is 0.277 e. The molecule has 1 aliphatic heterocycles. The number of carbonyl (C=O) groups is 2. The van der Waals surface area contributed by atoms with E-state index in [2.05, 4.69) is 10.4 Å². The van der Waals surface area contributed by atoms with Crippen molar-refractivity contribution in [2.24, 2.45) is 0 Å². The Morgan fingerprint density at radius 1 is 1.17 bits per heavy atom. The van der Waals surface area contributed by atoms with Crippen LogP contribution in [0.3, 0.4) is 0 Å². The molecule has 5 rings (SSSR count). The smallest absolute Gasteiger partial charge is 0.277 e. The van der Waals surface area contributed by atoms with E-state index in [4.69, 9.17) is 4.74 Å². The summed E-state index contributed by atoms with van der Waals surface area (Å²) in [4.78, 5) is 30.0. The normalized spacial score (nSPS) is 17.2. The van der Waals surface area contributed by atoms with E-state index in [1.54, 1.807) is 48.0 Å². The topological polar surface area (TPSA) is 76.5 Å². The largest absolute Gasteiger partial charge is 0.495 e. The van der Waals surface area contributed by atoms with Gasteiger partial charge in [-0.3, -0.25) is 19.2 Å². The first-order valence-electron chi connectivity index (χ1n) is 11.0. The Balaban J connectivity index is 1.55. The van der Waals surface area contributed by atoms with Crippen LogP contribution in [0.25, 0.3) is 10.6 Å². The number of hydrogen-bond acceptors (Lipinski definition) is 5. The zero-order valence-corrected chi connectivity index (χ0v) is 20.0. The van der Waals surface area contributed by atoms with Crippen molar-refractivity contribution in [3.05, 3.63) is 89.2 Å². The number of hydrogen-bond donors (Lipinski definition) is 1. The third-order valence-corrected chi connectivity index (χ3v) is 7.00. The minimum absolute atomic E-state index is 0.146. The van der Waals surface area contributed by atoms with Gasteiger partial charge in [0.2, 0.25) is 5.91 Å². The molecule has 4 aromatic rings. The monoisotopic (exact) mass is 490 g/mol. The molecule has 0 saturated heterocycles. The van der Waals surface area contributed by atoms with Crippen LogP contribution in [0.15, 0.2) is 72.1 Å². The molecule has 178 valence electrons. The highest BCUT2D eigenvalue weighted by Crippen LogP contribution is 2.39. The van der Waals surface area contributed by atoms with Crippen LogP contribution in [0.2, 0.25) is 0 Å². The van der Waals surface area contributed by atoms with Gasteiger partial charge in [0.15, 0.2) is 0 Å². The quantitative estimate of drug-likeness (QED) is 0.432. The SMILES string of the molecule is COc1ccccc1N1C(=O)c2cc(-c3cccs3)nn2C[C@@]1(C)C(=O)NCc1ccc(F)cc1. The van der Waals surface area contributed by atoms with Gasteiger partial charge in [-0.25, -0.2) is 4.39 Å². The number of aromatic nitrogens is 2. The summed E-state index contributed by atoms with van der Waals surface area (Å²) >= 11 is 1.53. The van der Waals surface area contributed by atoms with Gasteiger partial charge < -0.3 is 10.1 Å². The lowest BCUT2D eigenvalue weighted by Gasteiger charge is -2.43. The minimum atomic E-state index is -1.31. The summed E-state index contributed by atoms with van der Waals surface area (Å²) in [5.41, 5.74) is 0.998. The number of methoxy groups -OCH3 is 1. The van der Waals surface area contributed by atoms with Gasteiger partial charge in [-0.2, -0.15) is 5.10 Å². The molecule has 2 aromatic carbocycles. The van der Waals surface area contributed by atoms with Gasteiger partial charge in [0, 0.05) is 6.54 Å². The van der Waals surface area contributed by atoms with E-state index in [1.807, 2.05) is 23.6 Å². The molecule has 1 aliphatic rings. The first kappa shape index (κ1) is 22.8. The Bertz CT molecular complexity index is 1380. The fraction of sp³-hybridized carbons (Fsp3) is 0.192. The van der Waals surface area contributed by atoms with Crippen LogP contribution in [0, 0.1) is 5.82 Å². The molecule has 7 nitrogen and oxygen atoms in total. The second-order valence-corrected chi connectivity index (χ2v) is 9.39. The Labute approximate surface area is 205 Å². The summed E-state index contributed by atoms with van der Waals surface area (Å²) in [5, 5.41) is 9.51. The third-order valence-electron chi connectivity index (χ3n) is 6.11. The lowest BCUT2D eigenvalue weighted by atomic mass is 9.93. The van der Waals surface area contributed by atoms with E-state index in [9.17, 15) is 14.0 Å². The second-order valence-electron chi connectivity index (χ2n) is 8.45. The molecular formula is C26H23FN4O3S. The first-order chi connectivity index (χ1) is 16.9. The number of halogens is 1. The zero-order chi connectivity index (χ0) is 24.6. The van der Waals surface area contributed by atoms with Crippen molar-refractivity contribution < 1.29 is 18.7 Å². The summed E-state index contributed by atoms with van der Waals surface area (Å²) in [6, 6.07) is 18.6. The second kappa shape index (κ2) is 8.99. The predicted molar refractivity (Wildman–Crippen MR) is 132 cm³/mol. The molecule has 1 N–H and O–H groups in total. The van der Waals surface area contributed by atoms with Gasteiger partial charge in [-0.1, -0.05) is 30.3 Å². The Morgan fingerprint density at radius 3 is 2.66 bits per heavy atom. The average molecular weight is 491 g/mol. The van der Waals surface area contributed by atoms with Crippen LogP contribution in [-0.2, 0) is 17.9 Å². The molecule has 2 amide bonds. The number of anilines is 1. The Morgan fingerprint density at radius 2 is 1.94 bits per heavy atom. The molecule has 35 heavy (non-hydrogen) atoms. The molecule has 0 saturated carbocycles. The molecule has 0 bridgehead atoms. The van der Waals surface area contributed by atoms with Crippen LogP contribution >= 0.6 is 11.3 Å². The van der Waals surface area contributed by atoms with Crippen LogP contribution in [-0.4, -0.2) is 34.2 Å². The molecule has 0 radical (unpaired) electrons.